The molecule has 19 heavy (non-hydrogen) atoms. The molecule has 0 heterocycles. The number of carbonyl (C=O) groups is 3. The summed E-state index contributed by atoms with van der Waals surface area (Å²) < 4.78 is 4.99. The number of hydrogen-bond donors (Lipinski definition) is 2. The molecule has 0 aliphatic carbocycles. The van der Waals surface area contributed by atoms with Crippen LogP contribution >= 0.6 is 0 Å². The highest BCUT2D eigenvalue weighted by Gasteiger charge is 2.42. The van der Waals surface area contributed by atoms with E-state index >= 15 is 0 Å². The van der Waals surface area contributed by atoms with E-state index in [2.05, 4.69) is 0 Å². The Labute approximate surface area is 112 Å². The smallest absolute Gasteiger partial charge is 0.321 e. The van der Waals surface area contributed by atoms with Gasteiger partial charge in [0.25, 0.3) is 0 Å². The number of esters is 1. The molecule has 0 radical (unpaired) electrons. The highest BCUT2D eigenvalue weighted by molar-refractivity contribution is 5.98. The molecule has 0 saturated carbocycles. The van der Waals surface area contributed by atoms with Crippen LogP contribution in [0.3, 0.4) is 0 Å². The minimum absolute atomic E-state index is 0.0367. The third kappa shape index (κ3) is 6.22. The number of aliphatic carboxylic acids is 2. The number of carboxylic acids is 2. The molecule has 6 heteroatoms. The monoisotopic (exact) mass is 274 g/mol. The lowest BCUT2D eigenvalue weighted by molar-refractivity contribution is -0.174. The van der Waals surface area contributed by atoms with E-state index in [9.17, 15) is 14.4 Å². The van der Waals surface area contributed by atoms with Crippen LogP contribution in [0.2, 0.25) is 0 Å². The predicted octanol–water partition coefficient (Wildman–Crippen LogP) is 1.78. The Hall–Kier alpha value is -1.59. The predicted molar refractivity (Wildman–Crippen MR) is 67.6 cm³/mol. The molecule has 0 aliphatic rings. The summed E-state index contributed by atoms with van der Waals surface area (Å²) in [4.78, 5) is 34.2. The molecule has 110 valence electrons. The van der Waals surface area contributed by atoms with Crippen LogP contribution in [0, 0.1) is 17.8 Å². The van der Waals surface area contributed by atoms with Crippen LogP contribution < -0.4 is 0 Å². The van der Waals surface area contributed by atoms with Gasteiger partial charge in [-0.3, -0.25) is 14.4 Å². The average molecular weight is 274 g/mol. The molecule has 0 fully saturated rings. The topological polar surface area (TPSA) is 101 Å². The lowest BCUT2D eigenvalue weighted by atomic mass is 9.85. The van der Waals surface area contributed by atoms with Crippen molar-refractivity contribution < 1.29 is 29.3 Å². The Balaban J connectivity index is 5.21. The molecule has 0 bridgehead atoms. The fourth-order valence-corrected chi connectivity index (χ4v) is 1.69. The van der Waals surface area contributed by atoms with Gasteiger partial charge in [-0.25, -0.2) is 0 Å². The summed E-state index contributed by atoms with van der Waals surface area (Å²) in [6.07, 6.45) is 0.103. The second-order valence-corrected chi connectivity index (χ2v) is 5.92. The largest absolute Gasteiger partial charge is 0.481 e. The molecular weight excluding hydrogens is 252 g/mol. The molecule has 0 amide bonds. The highest BCUT2D eigenvalue weighted by Crippen LogP contribution is 2.24. The second kappa shape index (κ2) is 6.54. The first-order valence-corrected chi connectivity index (χ1v) is 6.14. The van der Waals surface area contributed by atoms with E-state index in [1.807, 2.05) is 0 Å². The van der Waals surface area contributed by atoms with E-state index in [4.69, 9.17) is 14.9 Å². The van der Waals surface area contributed by atoms with Crippen molar-refractivity contribution in [3.05, 3.63) is 0 Å². The number of ether oxygens (including phenoxy) is 1. The Bertz CT molecular complexity index is 353. The highest BCUT2D eigenvalue weighted by atomic mass is 16.6. The molecule has 0 spiro atoms. The zero-order chi connectivity index (χ0) is 15.4. The summed E-state index contributed by atoms with van der Waals surface area (Å²) in [6.45, 7) is 8.33. The van der Waals surface area contributed by atoms with Gasteiger partial charge in [0.05, 0.1) is 5.92 Å². The Morgan fingerprint density at radius 1 is 1.05 bits per heavy atom. The van der Waals surface area contributed by atoms with Crippen LogP contribution in [0.5, 0.6) is 0 Å². The van der Waals surface area contributed by atoms with Crippen LogP contribution in [-0.2, 0) is 19.1 Å². The average Bonchev–Trinajstić information content (AvgIpc) is 2.11. The van der Waals surface area contributed by atoms with E-state index in [0.29, 0.717) is 0 Å². The lowest BCUT2D eigenvalue weighted by Gasteiger charge is -2.25. The molecular formula is C13H22O6. The van der Waals surface area contributed by atoms with Gasteiger partial charge in [-0.2, -0.15) is 0 Å². The molecule has 0 rings (SSSR count). The third-order valence-corrected chi connectivity index (χ3v) is 2.37. The molecule has 0 saturated heterocycles. The van der Waals surface area contributed by atoms with Gasteiger partial charge in [-0.15, -0.1) is 0 Å². The van der Waals surface area contributed by atoms with Crippen molar-refractivity contribution >= 4 is 17.9 Å². The first-order chi connectivity index (χ1) is 8.45. The molecule has 0 aliphatic heterocycles. The van der Waals surface area contributed by atoms with E-state index in [0.717, 1.165) is 0 Å². The van der Waals surface area contributed by atoms with E-state index in [1.165, 1.54) is 0 Å². The maximum Gasteiger partial charge on any atom is 0.321 e. The first-order valence-electron chi connectivity index (χ1n) is 6.14. The van der Waals surface area contributed by atoms with Gasteiger partial charge in [0.1, 0.15) is 5.60 Å². The second-order valence-electron chi connectivity index (χ2n) is 5.92. The molecule has 0 aromatic carbocycles. The van der Waals surface area contributed by atoms with Crippen LogP contribution in [0.25, 0.3) is 0 Å². The van der Waals surface area contributed by atoms with Crippen LogP contribution in [0.4, 0.5) is 0 Å². The number of rotatable bonds is 6. The van der Waals surface area contributed by atoms with Gasteiger partial charge in [-0.05, 0) is 33.1 Å². The van der Waals surface area contributed by atoms with Crippen molar-refractivity contribution in [2.24, 2.45) is 17.8 Å². The Kier molecular flexibility index (Phi) is 5.99. The first kappa shape index (κ1) is 17.4. The zero-order valence-corrected chi connectivity index (χ0v) is 12.0. The van der Waals surface area contributed by atoms with E-state index < -0.39 is 35.3 Å². The molecule has 0 aromatic heterocycles. The lowest BCUT2D eigenvalue weighted by Crippen LogP contribution is -2.40. The number of carboxylic acid groups (broad SMARTS) is 2. The van der Waals surface area contributed by atoms with E-state index in [-0.39, 0.29) is 12.3 Å². The fourth-order valence-electron chi connectivity index (χ4n) is 1.69. The van der Waals surface area contributed by atoms with Gasteiger partial charge in [0.15, 0.2) is 5.92 Å². The zero-order valence-electron chi connectivity index (χ0n) is 12.0. The van der Waals surface area contributed by atoms with Crippen LogP contribution in [0.15, 0.2) is 0 Å². The number of carbonyl (C=O) groups excluding carboxylic acids is 1. The van der Waals surface area contributed by atoms with Crippen molar-refractivity contribution in [3.63, 3.8) is 0 Å². The van der Waals surface area contributed by atoms with Crippen molar-refractivity contribution in [3.8, 4) is 0 Å². The van der Waals surface area contributed by atoms with Crippen molar-refractivity contribution in [2.75, 3.05) is 0 Å². The normalized spacial score (nSPS) is 14.8. The van der Waals surface area contributed by atoms with Gasteiger partial charge in [0.2, 0.25) is 0 Å². The van der Waals surface area contributed by atoms with Gasteiger partial charge in [-0.1, -0.05) is 13.8 Å². The summed E-state index contributed by atoms with van der Waals surface area (Å²) in [5, 5.41) is 18.2. The van der Waals surface area contributed by atoms with Crippen molar-refractivity contribution in [1.29, 1.82) is 0 Å². The van der Waals surface area contributed by atoms with Gasteiger partial charge >= 0.3 is 17.9 Å². The minimum atomic E-state index is -1.68. The number of hydrogen-bond acceptors (Lipinski definition) is 4. The van der Waals surface area contributed by atoms with Crippen molar-refractivity contribution in [1.82, 2.24) is 0 Å². The molecule has 0 aromatic rings. The quantitative estimate of drug-likeness (QED) is 0.565. The minimum Gasteiger partial charge on any atom is -0.481 e. The van der Waals surface area contributed by atoms with Crippen LogP contribution in [0.1, 0.15) is 41.0 Å². The summed E-state index contributed by atoms with van der Waals surface area (Å²) in [7, 11) is 0. The summed E-state index contributed by atoms with van der Waals surface area (Å²) >= 11 is 0. The fraction of sp³-hybridized carbons (Fsp3) is 0.769. The van der Waals surface area contributed by atoms with Crippen LogP contribution in [-0.4, -0.2) is 33.7 Å². The van der Waals surface area contributed by atoms with E-state index in [1.54, 1.807) is 34.6 Å². The summed E-state index contributed by atoms with van der Waals surface area (Å²) in [6, 6.07) is 0. The molecule has 1 unspecified atom stereocenters. The Morgan fingerprint density at radius 3 is 1.79 bits per heavy atom. The summed E-state index contributed by atoms with van der Waals surface area (Å²) in [5.41, 5.74) is -0.855. The van der Waals surface area contributed by atoms with Crippen molar-refractivity contribution in [2.45, 2.75) is 46.6 Å². The molecule has 2 atom stereocenters. The van der Waals surface area contributed by atoms with Gasteiger partial charge in [0, 0.05) is 0 Å². The SMILES string of the molecule is CC(C)C[C@@H](C(=O)O)C(C(=O)O)C(=O)OC(C)(C)C. The standard InChI is InChI=1S/C13H22O6/c1-7(2)6-8(10(14)15)9(11(16)17)12(18)19-13(3,4)5/h7-9H,6H2,1-5H3,(H,14,15)(H,16,17)/t8-,9?/m1/s1. The maximum absolute atomic E-state index is 11.9. The molecule has 2 N–H and O–H groups in total. The van der Waals surface area contributed by atoms with Gasteiger partial charge < -0.3 is 14.9 Å². The third-order valence-electron chi connectivity index (χ3n) is 2.37. The maximum atomic E-state index is 11.9. The summed E-state index contributed by atoms with van der Waals surface area (Å²) in [5.74, 6) is -6.78. The Morgan fingerprint density at radius 2 is 1.53 bits per heavy atom. The molecule has 6 nitrogen and oxygen atoms in total.